The lowest BCUT2D eigenvalue weighted by Crippen LogP contribution is -2.37. The fourth-order valence-corrected chi connectivity index (χ4v) is 3.83. The molecule has 1 atom stereocenters. The van der Waals surface area contributed by atoms with E-state index >= 15 is 0 Å². The van der Waals surface area contributed by atoms with E-state index in [1.807, 2.05) is 11.3 Å². The summed E-state index contributed by atoms with van der Waals surface area (Å²) >= 11 is 5.40. The van der Waals surface area contributed by atoms with Crippen molar-refractivity contribution in [3.63, 3.8) is 0 Å². The van der Waals surface area contributed by atoms with Gasteiger partial charge in [-0.25, -0.2) is 0 Å². The van der Waals surface area contributed by atoms with Crippen LogP contribution in [0.4, 0.5) is 0 Å². The highest BCUT2D eigenvalue weighted by Gasteiger charge is 2.24. The molecule has 1 aromatic rings. The van der Waals surface area contributed by atoms with Gasteiger partial charge in [-0.05, 0) is 40.3 Å². The molecule has 0 bridgehead atoms. The number of hydrogen-bond donors (Lipinski definition) is 1. The third kappa shape index (κ3) is 5.54. The van der Waals surface area contributed by atoms with Crippen LogP contribution in [0.1, 0.15) is 45.4 Å². The maximum atomic E-state index is 3.59. The summed E-state index contributed by atoms with van der Waals surface area (Å²) < 4.78 is 1.22. The van der Waals surface area contributed by atoms with Crippen molar-refractivity contribution in [3.05, 3.63) is 20.8 Å². The zero-order valence-corrected chi connectivity index (χ0v) is 13.7. The highest BCUT2D eigenvalue weighted by atomic mass is 79.9. The molecule has 0 aliphatic rings. The van der Waals surface area contributed by atoms with Gasteiger partial charge in [0.1, 0.15) is 0 Å². The Kier molecular flexibility index (Phi) is 6.18. The minimum Gasteiger partial charge on any atom is -0.314 e. The first-order chi connectivity index (χ1) is 7.95. The number of halogens is 1. The van der Waals surface area contributed by atoms with Crippen molar-refractivity contribution in [2.24, 2.45) is 5.41 Å². The van der Waals surface area contributed by atoms with Crippen molar-refractivity contribution in [2.75, 3.05) is 6.54 Å². The molecule has 0 fully saturated rings. The predicted molar refractivity (Wildman–Crippen MR) is 81.9 cm³/mol. The van der Waals surface area contributed by atoms with Crippen LogP contribution in [-0.4, -0.2) is 12.6 Å². The van der Waals surface area contributed by atoms with Gasteiger partial charge in [-0.1, -0.05) is 34.1 Å². The fraction of sp³-hybridized carbons (Fsp3) is 0.714. The van der Waals surface area contributed by atoms with Gasteiger partial charge in [0.25, 0.3) is 0 Å². The predicted octanol–water partition coefficient (Wildman–Crippen LogP) is 4.86. The molecule has 3 heteroatoms. The molecule has 0 spiro atoms. The van der Waals surface area contributed by atoms with Crippen LogP contribution >= 0.6 is 27.3 Å². The average molecular weight is 318 g/mol. The first-order valence-electron chi connectivity index (χ1n) is 6.41. The van der Waals surface area contributed by atoms with Crippen molar-refractivity contribution in [2.45, 2.75) is 53.0 Å². The van der Waals surface area contributed by atoms with E-state index in [0.717, 1.165) is 6.54 Å². The molecule has 0 saturated carbocycles. The van der Waals surface area contributed by atoms with Gasteiger partial charge in [-0.2, -0.15) is 0 Å². The molecule has 0 saturated heterocycles. The monoisotopic (exact) mass is 317 g/mol. The zero-order chi connectivity index (χ0) is 12.9. The molecule has 17 heavy (non-hydrogen) atoms. The molecule has 0 aliphatic heterocycles. The van der Waals surface area contributed by atoms with Crippen LogP contribution < -0.4 is 5.32 Å². The van der Waals surface area contributed by atoms with Crippen molar-refractivity contribution in [3.8, 4) is 0 Å². The molecule has 0 aliphatic carbocycles. The first-order valence-corrected chi connectivity index (χ1v) is 8.09. The standard InChI is InChI=1S/C14H24BrNS/c1-5-6-14(4,10-16-11(2)3)8-13-7-12(15)9-17-13/h7,9,11,16H,5-6,8,10H2,1-4H3. The van der Waals surface area contributed by atoms with Gasteiger partial charge in [-0.3, -0.25) is 0 Å². The first kappa shape index (κ1) is 15.2. The van der Waals surface area contributed by atoms with Crippen molar-refractivity contribution >= 4 is 27.3 Å². The van der Waals surface area contributed by atoms with E-state index in [1.54, 1.807) is 0 Å². The summed E-state index contributed by atoms with van der Waals surface area (Å²) in [5.41, 5.74) is 0.378. The number of hydrogen-bond acceptors (Lipinski definition) is 2. The van der Waals surface area contributed by atoms with Gasteiger partial charge in [0.15, 0.2) is 0 Å². The van der Waals surface area contributed by atoms with E-state index in [-0.39, 0.29) is 0 Å². The second kappa shape index (κ2) is 6.91. The highest BCUT2D eigenvalue weighted by molar-refractivity contribution is 9.10. The minimum atomic E-state index is 0.378. The largest absolute Gasteiger partial charge is 0.314 e. The summed E-state index contributed by atoms with van der Waals surface area (Å²) in [6, 6.07) is 2.83. The Morgan fingerprint density at radius 2 is 2.18 bits per heavy atom. The molecule has 98 valence electrons. The van der Waals surface area contributed by atoms with Gasteiger partial charge < -0.3 is 5.32 Å². The van der Waals surface area contributed by atoms with E-state index in [4.69, 9.17) is 0 Å². The SMILES string of the molecule is CCCC(C)(CNC(C)C)Cc1cc(Br)cs1. The molecular weight excluding hydrogens is 294 g/mol. The fourth-order valence-electron chi connectivity index (χ4n) is 2.16. The molecule has 1 aromatic heterocycles. The van der Waals surface area contributed by atoms with Gasteiger partial charge >= 0.3 is 0 Å². The smallest absolute Gasteiger partial charge is 0.0285 e. The summed E-state index contributed by atoms with van der Waals surface area (Å²) in [7, 11) is 0. The van der Waals surface area contributed by atoms with Crippen LogP contribution in [0.5, 0.6) is 0 Å². The van der Waals surface area contributed by atoms with E-state index < -0.39 is 0 Å². The zero-order valence-electron chi connectivity index (χ0n) is 11.3. The Morgan fingerprint density at radius 1 is 1.47 bits per heavy atom. The lowest BCUT2D eigenvalue weighted by molar-refractivity contribution is 0.269. The summed E-state index contributed by atoms with van der Waals surface area (Å²) in [5.74, 6) is 0. The lowest BCUT2D eigenvalue weighted by atomic mass is 9.81. The van der Waals surface area contributed by atoms with Crippen molar-refractivity contribution in [1.29, 1.82) is 0 Å². The Morgan fingerprint density at radius 3 is 2.65 bits per heavy atom. The Balaban J connectivity index is 2.63. The second-order valence-corrected chi connectivity index (χ2v) is 7.42. The van der Waals surface area contributed by atoms with Gasteiger partial charge in [-0.15, -0.1) is 11.3 Å². The average Bonchev–Trinajstić information content (AvgIpc) is 2.61. The van der Waals surface area contributed by atoms with Crippen LogP contribution in [0.2, 0.25) is 0 Å². The van der Waals surface area contributed by atoms with Crippen LogP contribution in [0.15, 0.2) is 15.9 Å². The highest BCUT2D eigenvalue weighted by Crippen LogP contribution is 2.31. The summed E-state index contributed by atoms with van der Waals surface area (Å²) in [6.45, 7) is 10.2. The maximum Gasteiger partial charge on any atom is 0.0285 e. The summed E-state index contributed by atoms with van der Waals surface area (Å²) in [5, 5.41) is 5.77. The third-order valence-electron chi connectivity index (χ3n) is 3.01. The summed E-state index contributed by atoms with van der Waals surface area (Å²) in [6.07, 6.45) is 3.71. The third-order valence-corrected chi connectivity index (χ3v) is 4.71. The summed E-state index contributed by atoms with van der Waals surface area (Å²) in [4.78, 5) is 1.48. The molecule has 1 unspecified atom stereocenters. The molecule has 1 nitrogen and oxygen atoms in total. The minimum absolute atomic E-state index is 0.378. The Hall–Kier alpha value is 0.140. The van der Waals surface area contributed by atoms with E-state index in [0.29, 0.717) is 11.5 Å². The van der Waals surface area contributed by atoms with Gasteiger partial charge in [0.05, 0.1) is 0 Å². The molecule has 0 radical (unpaired) electrons. The maximum absolute atomic E-state index is 3.59. The van der Waals surface area contributed by atoms with Gasteiger partial charge in [0.2, 0.25) is 0 Å². The van der Waals surface area contributed by atoms with Crippen LogP contribution in [-0.2, 0) is 6.42 Å². The molecule has 1 heterocycles. The Bertz CT molecular complexity index is 335. The number of thiophene rings is 1. The number of rotatable bonds is 7. The molecule has 1 N–H and O–H groups in total. The van der Waals surface area contributed by atoms with E-state index in [9.17, 15) is 0 Å². The topological polar surface area (TPSA) is 12.0 Å². The quantitative estimate of drug-likeness (QED) is 0.757. The van der Waals surface area contributed by atoms with Crippen LogP contribution in [0.25, 0.3) is 0 Å². The lowest BCUT2D eigenvalue weighted by Gasteiger charge is -2.30. The van der Waals surface area contributed by atoms with Crippen molar-refractivity contribution in [1.82, 2.24) is 5.32 Å². The van der Waals surface area contributed by atoms with E-state index in [1.165, 1.54) is 28.6 Å². The van der Waals surface area contributed by atoms with Crippen molar-refractivity contribution < 1.29 is 0 Å². The normalized spacial score (nSPS) is 15.2. The van der Waals surface area contributed by atoms with Crippen LogP contribution in [0, 0.1) is 5.41 Å². The molecule has 0 aromatic carbocycles. The Labute approximate surface area is 118 Å². The van der Waals surface area contributed by atoms with Gasteiger partial charge in [0, 0.05) is 27.3 Å². The molecule has 1 rings (SSSR count). The van der Waals surface area contributed by atoms with Crippen LogP contribution in [0.3, 0.4) is 0 Å². The molecular formula is C14H24BrNS. The second-order valence-electron chi connectivity index (χ2n) is 5.50. The number of nitrogens with one attached hydrogen (secondary N) is 1. The van der Waals surface area contributed by atoms with E-state index in [2.05, 4.69) is 60.4 Å². The molecule has 0 amide bonds.